The summed E-state index contributed by atoms with van der Waals surface area (Å²) in [6.45, 7) is 9.03. The van der Waals surface area contributed by atoms with E-state index in [1.54, 1.807) is 0 Å². The van der Waals surface area contributed by atoms with Gasteiger partial charge in [-0.3, -0.25) is 9.48 Å². The van der Waals surface area contributed by atoms with Crippen molar-refractivity contribution >= 4 is 5.97 Å². The average Bonchev–Trinajstić information content (AvgIpc) is 3.41. The van der Waals surface area contributed by atoms with Crippen molar-refractivity contribution in [2.75, 3.05) is 6.61 Å². The first-order chi connectivity index (χ1) is 15.3. The minimum absolute atomic E-state index is 0.0582. The fourth-order valence-corrected chi connectivity index (χ4v) is 4.96. The normalized spacial score (nSPS) is 16.6. The zero-order valence-corrected chi connectivity index (χ0v) is 18.8. The molecule has 2 aliphatic rings. The Balaban J connectivity index is 1.77. The predicted octanol–water partition coefficient (Wildman–Crippen LogP) is 4.35. The Bertz CT molecular complexity index is 1300. The lowest BCUT2D eigenvalue weighted by Crippen LogP contribution is -2.28. The quantitative estimate of drug-likeness (QED) is 0.661. The van der Waals surface area contributed by atoms with Crippen LogP contribution in [0.3, 0.4) is 0 Å². The van der Waals surface area contributed by atoms with Gasteiger partial charge < -0.3 is 14.4 Å². The maximum atomic E-state index is 12.6. The Kier molecular flexibility index (Phi) is 4.73. The van der Waals surface area contributed by atoms with Gasteiger partial charge in [0, 0.05) is 59.2 Å². The summed E-state index contributed by atoms with van der Waals surface area (Å²) in [5, 5.41) is 14.0. The Morgan fingerprint density at radius 3 is 2.66 bits per heavy atom. The number of carboxylic acids is 1. The molecule has 0 fully saturated rings. The van der Waals surface area contributed by atoms with Crippen molar-refractivity contribution in [1.29, 1.82) is 0 Å². The summed E-state index contributed by atoms with van der Waals surface area (Å²) in [7, 11) is 0. The first-order valence-electron chi connectivity index (χ1n) is 11.1. The van der Waals surface area contributed by atoms with Gasteiger partial charge in [-0.15, -0.1) is 0 Å². The smallest absolute Gasteiger partial charge is 0.341 e. The molecular weight excluding hydrogens is 406 g/mol. The minimum atomic E-state index is -1.19. The zero-order valence-electron chi connectivity index (χ0n) is 18.8. The molecule has 7 nitrogen and oxygen atoms in total. The Morgan fingerprint density at radius 2 is 2.00 bits per heavy atom. The number of aromatic nitrogens is 3. The molecule has 0 saturated carbocycles. The highest BCUT2D eigenvalue weighted by molar-refractivity contribution is 5.88. The SMILES string of the molecule is CC(C)[C@@H]1Cc2cc(-c3cnn(C(C)C)c3)c3c(c2-c2cc(=O)c(C(=O)O)cn21)CCO3. The van der Waals surface area contributed by atoms with Crippen LogP contribution in [0.4, 0.5) is 0 Å². The number of carboxylic acid groups (broad SMARTS) is 1. The molecule has 4 heterocycles. The van der Waals surface area contributed by atoms with E-state index in [0.717, 1.165) is 46.5 Å². The molecule has 1 atom stereocenters. The number of rotatable bonds is 4. The summed E-state index contributed by atoms with van der Waals surface area (Å²) in [6, 6.07) is 3.99. The third kappa shape index (κ3) is 3.06. The second-order valence-corrected chi connectivity index (χ2v) is 9.33. The molecular formula is C25H27N3O4. The van der Waals surface area contributed by atoms with Crippen LogP contribution in [0.25, 0.3) is 22.4 Å². The van der Waals surface area contributed by atoms with Gasteiger partial charge in [0.2, 0.25) is 0 Å². The predicted molar refractivity (Wildman–Crippen MR) is 121 cm³/mol. The van der Waals surface area contributed by atoms with E-state index in [1.807, 2.05) is 15.4 Å². The van der Waals surface area contributed by atoms with Crippen LogP contribution in [0, 0.1) is 5.92 Å². The molecule has 32 heavy (non-hydrogen) atoms. The average molecular weight is 434 g/mol. The summed E-state index contributed by atoms with van der Waals surface area (Å²) in [6.07, 6.45) is 6.97. The number of fused-ring (bicyclic) bond motifs is 5. The van der Waals surface area contributed by atoms with E-state index in [0.29, 0.717) is 6.61 Å². The van der Waals surface area contributed by atoms with Crippen molar-refractivity contribution in [2.45, 2.75) is 52.6 Å². The molecule has 2 aromatic heterocycles. The Morgan fingerprint density at radius 1 is 1.22 bits per heavy atom. The molecule has 0 spiro atoms. The van der Waals surface area contributed by atoms with Crippen LogP contribution in [0.1, 0.15) is 61.3 Å². The largest absolute Gasteiger partial charge is 0.492 e. The molecule has 1 N–H and O–H groups in total. The van der Waals surface area contributed by atoms with Crippen LogP contribution in [0.15, 0.2) is 35.5 Å². The van der Waals surface area contributed by atoms with Crippen LogP contribution in [-0.2, 0) is 12.8 Å². The van der Waals surface area contributed by atoms with Crippen molar-refractivity contribution in [3.05, 3.63) is 57.6 Å². The number of pyridine rings is 1. The minimum Gasteiger partial charge on any atom is -0.492 e. The van der Waals surface area contributed by atoms with Crippen LogP contribution in [0.2, 0.25) is 0 Å². The molecule has 0 unspecified atom stereocenters. The van der Waals surface area contributed by atoms with Crippen molar-refractivity contribution in [2.24, 2.45) is 5.92 Å². The van der Waals surface area contributed by atoms with E-state index in [1.165, 1.54) is 17.8 Å². The van der Waals surface area contributed by atoms with E-state index in [2.05, 4.69) is 45.1 Å². The highest BCUT2D eigenvalue weighted by atomic mass is 16.5. The fraction of sp³-hybridized carbons (Fsp3) is 0.400. The van der Waals surface area contributed by atoms with Gasteiger partial charge in [-0.2, -0.15) is 5.10 Å². The molecule has 2 aliphatic heterocycles. The lowest BCUT2D eigenvalue weighted by atomic mass is 9.82. The molecule has 7 heteroatoms. The van der Waals surface area contributed by atoms with Crippen LogP contribution >= 0.6 is 0 Å². The molecule has 166 valence electrons. The monoisotopic (exact) mass is 433 g/mol. The number of carbonyl (C=O) groups is 1. The summed E-state index contributed by atoms with van der Waals surface area (Å²) < 4.78 is 10.0. The third-order valence-electron chi connectivity index (χ3n) is 6.62. The van der Waals surface area contributed by atoms with Gasteiger partial charge >= 0.3 is 5.97 Å². The number of aromatic carboxylic acids is 1. The summed E-state index contributed by atoms with van der Waals surface area (Å²) >= 11 is 0. The van der Waals surface area contributed by atoms with Gasteiger partial charge in [0.25, 0.3) is 0 Å². The van der Waals surface area contributed by atoms with Gasteiger partial charge in [-0.1, -0.05) is 13.8 Å². The number of benzene rings is 1. The molecule has 3 aromatic rings. The second kappa shape index (κ2) is 7.36. The molecule has 1 aromatic carbocycles. The standard InChI is InChI=1S/C25H27N3O4/c1-13(2)20-8-15-7-18(16-10-26-28(11-16)14(3)4)24-17(5-6-32-24)23(15)21-9-22(29)19(25(30)31)12-27(20)21/h7,9-14,20H,5-6,8H2,1-4H3,(H,30,31)/t20-/m0/s1. The molecule has 0 saturated heterocycles. The van der Waals surface area contributed by atoms with Crippen molar-refractivity contribution < 1.29 is 14.6 Å². The van der Waals surface area contributed by atoms with Gasteiger partial charge in [0.1, 0.15) is 11.3 Å². The molecule has 0 radical (unpaired) electrons. The first-order valence-corrected chi connectivity index (χ1v) is 11.1. The summed E-state index contributed by atoms with van der Waals surface area (Å²) in [5.41, 5.74) is 5.46. The Labute approximate surface area is 186 Å². The van der Waals surface area contributed by atoms with Crippen molar-refractivity contribution in [1.82, 2.24) is 14.3 Å². The summed E-state index contributed by atoms with van der Waals surface area (Å²) in [5.74, 6) is -0.0799. The topological polar surface area (TPSA) is 86.4 Å². The van der Waals surface area contributed by atoms with Gasteiger partial charge in [-0.25, -0.2) is 4.79 Å². The molecule has 0 bridgehead atoms. The van der Waals surface area contributed by atoms with Crippen LogP contribution < -0.4 is 10.2 Å². The van der Waals surface area contributed by atoms with Gasteiger partial charge in [0.15, 0.2) is 5.43 Å². The number of hydrogen-bond acceptors (Lipinski definition) is 4. The van der Waals surface area contributed by atoms with E-state index in [4.69, 9.17) is 4.74 Å². The highest BCUT2D eigenvalue weighted by Crippen LogP contribution is 2.48. The third-order valence-corrected chi connectivity index (χ3v) is 6.62. The van der Waals surface area contributed by atoms with Crippen LogP contribution in [-0.4, -0.2) is 32.0 Å². The summed E-state index contributed by atoms with van der Waals surface area (Å²) in [4.78, 5) is 24.3. The van der Waals surface area contributed by atoms with Gasteiger partial charge in [0.05, 0.1) is 18.5 Å². The van der Waals surface area contributed by atoms with Crippen molar-refractivity contribution in [3.8, 4) is 28.1 Å². The maximum Gasteiger partial charge on any atom is 0.341 e. The molecule has 5 rings (SSSR count). The fourth-order valence-electron chi connectivity index (χ4n) is 4.96. The van der Waals surface area contributed by atoms with Crippen molar-refractivity contribution in [3.63, 3.8) is 0 Å². The maximum absolute atomic E-state index is 12.6. The number of hydrogen-bond donors (Lipinski definition) is 1. The number of nitrogens with zero attached hydrogens (tertiary/aromatic N) is 3. The number of ether oxygens (including phenoxy) is 1. The van der Waals surface area contributed by atoms with E-state index in [-0.39, 0.29) is 23.6 Å². The second-order valence-electron chi connectivity index (χ2n) is 9.33. The van der Waals surface area contributed by atoms with E-state index in [9.17, 15) is 14.7 Å². The lowest BCUT2D eigenvalue weighted by molar-refractivity contribution is 0.0694. The molecule has 0 aliphatic carbocycles. The van der Waals surface area contributed by atoms with Crippen LogP contribution in [0.5, 0.6) is 5.75 Å². The Hall–Kier alpha value is -3.35. The van der Waals surface area contributed by atoms with E-state index < -0.39 is 11.4 Å². The van der Waals surface area contributed by atoms with Gasteiger partial charge in [-0.05, 0) is 37.8 Å². The lowest BCUT2D eigenvalue weighted by Gasteiger charge is -2.34. The first kappa shape index (κ1) is 20.5. The highest BCUT2D eigenvalue weighted by Gasteiger charge is 2.33. The molecule has 0 amide bonds. The zero-order chi connectivity index (χ0) is 22.7. The van der Waals surface area contributed by atoms with E-state index >= 15 is 0 Å².